The van der Waals surface area contributed by atoms with Crippen molar-refractivity contribution in [3.63, 3.8) is 0 Å². The van der Waals surface area contributed by atoms with E-state index in [1.165, 1.54) is 31.4 Å². The summed E-state index contributed by atoms with van der Waals surface area (Å²) in [6.07, 6.45) is 4.65. The molecule has 1 amide bonds. The summed E-state index contributed by atoms with van der Waals surface area (Å²) in [5.41, 5.74) is 1.48. The Hall–Kier alpha value is -2.97. The fourth-order valence-electron chi connectivity index (χ4n) is 2.44. The van der Waals surface area contributed by atoms with Crippen LogP contribution in [0.15, 0.2) is 59.5 Å². The summed E-state index contributed by atoms with van der Waals surface area (Å²) in [4.78, 5) is 23.8. The van der Waals surface area contributed by atoms with E-state index in [0.29, 0.717) is 16.8 Å². The first-order valence-electron chi connectivity index (χ1n) is 8.67. The summed E-state index contributed by atoms with van der Waals surface area (Å²) >= 11 is 0. The van der Waals surface area contributed by atoms with Gasteiger partial charge in [-0.25, -0.2) is 17.9 Å². The molecule has 0 unspecified atom stereocenters. The van der Waals surface area contributed by atoms with Gasteiger partial charge in [0.05, 0.1) is 17.6 Å². The minimum Gasteiger partial charge on any atom is -0.465 e. The molecule has 0 atom stereocenters. The highest BCUT2D eigenvalue weighted by atomic mass is 32.2. The van der Waals surface area contributed by atoms with E-state index in [1.807, 2.05) is 0 Å². The number of rotatable bonds is 7. The number of hydrogen-bond acceptors (Lipinski definition) is 5. The summed E-state index contributed by atoms with van der Waals surface area (Å²) in [5.74, 6) is -0.869. The zero-order chi connectivity index (χ0) is 20.1. The molecular weight excluding hydrogens is 380 g/mol. The van der Waals surface area contributed by atoms with Gasteiger partial charge < -0.3 is 10.1 Å². The topological polar surface area (TPSA) is 102 Å². The SMILES string of the molecule is COC(=O)c1cccc(NC(=O)C=Cc2ccc(S(=O)(=O)NC3CC3)cc2)c1. The molecule has 0 bridgehead atoms. The number of benzene rings is 2. The van der Waals surface area contributed by atoms with Gasteiger partial charge in [-0.2, -0.15) is 0 Å². The van der Waals surface area contributed by atoms with Crippen molar-refractivity contribution in [2.24, 2.45) is 0 Å². The number of carbonyl (C=O) groups is 2. The van der Waals surface area contributed by atoms with Crippen LogP contribution in [-0.2, 0) is 19.6 Å². The number of hydrogen-bond donors (Lipinski definition) is 2. The van der Waals surface area contributed by atoms with Crippen LogP contribution in [0.2, 0.25) is 0 Å². The maximum Gasteiger partial charge on any atom is 0.337 e. The Bertz CT molecular complexity index is 1010. The Morgan fingerprint density at radius 3 is 2.46 bits per heavy atom. The van der Waals surface area contributed by atoms with E-state index in [9.17, 15) is 18.0 Å². The molecule has 28 heavy (non-hydrogen) atoms. The van der Waals surface area contributed by atoms with E-state index >= 15 is 0 Å². The molecule has 1 saturated carbocycles. The lowest BCUT2D eigenvalue weighted by molar-refractivity contribution is -0.111. The van der Waals surface area contributed by atoms with Gasteiger partial charge in [0.15, 0.2) is 0 Å². The van der Waals surface area contributed by atoms with Gasteiger partial charge in [0, 0.05) is 17.8 Å². The normalized spacial score (nSPS) is 14.0. The molecule has 7 nitrogen and oxygen atoms in total. The van der Waals surface area contributed by atoms with E-state index in [-0.39, 0.29) is 16.8 Å². The number of anilines is 1. The van der Waals surface area contributed by atoms with Crippen LogP contribution in [0.25, 0.3) is 6.08 Å². The molecule has 1 fully saturated rings. The summed E-state index contributed by atoms with van der Waals surface area (Å²) in [7, 11) is -2.20. The van der Waals surface area contributed by atoms with Crippen molar-refractivity contribution in [3.05, 3.63) is 65.7 Å². The van der Waals surface area contributed by atoms with E-state index in [0.717, 1.165) is 12.8 Å². The smallest absolute Gasteiger partial charge is 0.337 e. The lowest BCUT2D eigenvalue weighted by Gasteiger charge is -2.06. The van der Waals surface area contributed by atoms with Gasteiger partial charge in [0.1, 0.15) is 0 Å². The molecule has 0 saturated heterocycles. The molecule has 0 spiro atoms. The minimum atomic E-state index is -3.49. The molecular formula is C20H20N2O5S. The molecule has 0 radical (unpaired) electrons. The zero-order valence-corrected chi connectivity index (χ0v) is 16.0. The first-order chi connectivity index (χ1) is 13.4. The second-order valence-corrected chi connectivity index (χ2v) is 8.07. The third-order valence-electron chi connectivity index (χ3n) is 4.07. The number of esters is 1. The maximum atomic E-state index is 12.1. The average molecular weight is 400 g/mol. The Kier molecular flexibility index (Phi) is 5.91. The second-order valence-electron chi connectivity index (χ2n) is 6.36. The van der Waals surface area contributed by atoms with Gasteiger partial charge in [0.2, 0.25) is 15.9 Å². The van der Waals surface area contributed by atoms with Crippen molar-refractivity contribution in [2.75, 3.05) is 12.4 Å². The largest absolute Gasteiger partial charge is 0.465 e. The molecule has 3 rings (SSSR count). The van der Waals surface area contributed by atoms with Crippen molar-refractivity contribution in [3.8, 4) is 0 Å². The number of sulfonamides is 1. The van der Waals surface area contributed by atoms with Crippen LogP contribution >= 0.6 is 0 Å². The number of methoxy groups -OCH3 is 1. The molecule has 146 valence electrons. The van der Waals surface area contributed by atoms with Crippen LogP contribution < -0.4 is 10.0 Å². The molecule has 1 aliphatic carbocycles. The standard InChI is InChI=1S/C20H20N2O5S/c1-27-20(24)15-3-2-4-17(13-15)21-19(23)12-7-14-5-10-18(11-6-14)28(25,26)22-16-8-9-16/h2-7,10-13,16,22H,8-9H2,1H3,(H,21,23). The predicted octanol–water partition coefficient (Wildman–Crippen LogP) is 2.57. The van der Waals surface area contributed by atoms with Crippen LogP contribution in [0, 0.1) is 0 Å². The molecule has 0 aliphatic heterocycles. The number of amides is 1. The first kappa shape index (κ1) is 19.8. The van der Waals surface area contributed by atoms with Crippen LogP contribution in [0.4, 0.5) is 5.69 Å². The maximum absolute atomic E-state index is 12.1. The average Bonchev–Trinajstić information content (AvgIpc) is 3.49. The molecule has 2 N–H and O–H groups in total. The lowest BCUT2D eigenvalue weighted by Crippen LogP contribution is -2.25. The van der Waals surface area contributed by atoms with Gasteiger partial charge in [-0.05, 0) is 54.8 Å². The molecule has 0 heterocycles. The van der Waals surface area contributed by atoms with Crippen molar-refractivity contribution < 1.29 is 22.7 Å². The van der Waals surface area contributed by atoms with Crippen LogP contribution in [0.3, 0.4) is 0 Å². The van der Waals surface area contributed by atoms with Crippen LogP contribution in [-0.4, -0.2) is 33.4 Å². The summed E-state index contributed by atoms with van der Waals surface area (Å²) in [5, 5.41) is 2.66. The second kappa shape index (κ2) is 8.37. The Labute approximate surface area is 163 Å². The Morgan fingerprint density at radius 2 is 1.82 bits per heavy atom. The minimum absolute atomic E-state index is 0.0472. The monoisotopic (exact) mass is 400 g/mol. The molecule has 1 aliphatic rings. The lowest BCUT2D eigenvalue weighted by atomic mass is 10.2. The van der Waals surface area contributed by atoms with Crippen LogP contribution in [0.1, 0.15) is 28.8 Å². The van der Waals surface area contributed by atoms with Crippen molar-refractivity contribution in [1.82, 2.24) is 4.72 Å². The van der Waals surface area contributed by atoms with E-state index < -0.39 is 16.0 Å². The Balaban J connectivity index is 1.62. The van der Waals surface area contributed by atoms with Gasteiger partial charge in [0.25, 0.3) is 0 Å². The van der Waals surface area contributed by atoms with E-state index in [1.54, 1.807) is 36.4 Å². The quantitative estimate of drug-likeness (QED) is 0.549. The van der Waals surface area contributed by atoms with Gasteiger partial charge in [-0.15, -0.1) is 0 Å². The molecule has 2 aromatic rings. The van der Waals surface area contributed by atoms with Gasteiger partial charge in [-0.1, -0.05) is 18.2 Å². The summed E-state index contributed by atoms with van der Waals surface area (Å²) in [6, 6.07) is 12.7. The van der Waals surface area contributed by atoms with Gasteiger partial charge >= 0.3 is 5.97 Å². The van der Waals surface area contributed by atoms with E-state index in [4.69, 9.17) is 0 Å². The zero-order valence-electron chi connectivity index (χ0n) is 15.2. The Morgan fingerprint density at radius 1 is 1.11 bits per heavy atom. The van der Waals surface area contributed by atoms with E-state index in [2.05, 4.69) is 14.8 Å². The van der Waals surface area contributed by atoms with Crippen molar-refractivity contribution in [2.45, 2.75) is 23.8 Å². The van der Waals surface area contributed by atoms with Crippen LogP contribution in [0.5, 0.6) is 0 Å². The highest BCUT2D eigenvalue weighted by Crippen LogP contribution is 2.22. The molecule has 8 heteroatoms. The predicted molar refractivity (Wildman–Crippen MR) is 105 cm³/mol. The summed E-state index contributed by atoms with van der Waals surface area (Å²) < 4.78 is 31.5. The number of nitrogens with one attached hydrogen (secondary N) is 2. The molecule has 0 aromatic heterocycles. The van der Waals surface area contributed by atoms with Crippen molar-refractivity contribution in [1.29, 1.82) is 0 Å². The number of ether oxygens (including phenoxy) is 1. The molecule has 2 aromatic carbocycles. The fourth-order valence-corrected chi connectivity index (χ4v) is 3.75. The third-order valence-corrected chi connectivity index (χ3v) is 5.60. The van der Waals surface area contributed by atoms with Gasteiger partial charge in [-0.3, -0.25) is 4.79 Å². The highest BCUT2D eigenvalue weighted by Gasteiger charge is 2.27. The third kappa shape index (κ3) is 5.28. The van der Waals surface area contributed by atoms with Crippen molar-refractivity contribution >= 4 is 33.7 Å². The summed E-state index contributed by atoms with van der Waals surface area (Å²) in [6.45, 7) is 0. The number of carbonyl (C=O) groups excluding carboxylic acids is 2. The fraction of sp³-hybridized carbons (Fsp3) is 0.200. The highest BCUT2D eigenvalue weighted by molar-refractivity contribution is 7.89. The first-order valence-corrected chi connectivity index (χ1v) is 10.2.